The summed E-state index contributed by atoms with van der Waals surface area (Å²) in [5.74, 6) is 0.981. The van der Waals surface area contributed by atoms with Crippen LogP contribution in [0.4, 0.5) is 0 Å². The summed E-state index contributed by atoms with van der Waals surface area (Å²) in [6, 6.07) is 0. The Morgan fingerprint density at radius 2 is 1.88 bits per heavy atom. The minimum Gasteiger partial charge on any atom is -0.337 e. The lowest BCUT2D eigenvalue weighted by Crippen LogP contribution is -2.43. The number of hydrogen-bond acceptors (Lipinski definition) is 5. The van der Waals surface area contributed by atoms with Gasteiger partial charge in [-0.15, -0.1) is 10.2 Å². The first-order chi connectivity index (χ1) is 12.6. The smallest absolute Gasteiger partial charge is 0.237 e. The average molecular weight is 357 g/mol. The van der Waals surface area contributed by atoms with E-state index in [9.17, 15) is 4.79 Å². The summed E-state index contributed by atoms with van der Waals surface area (Å²) in [5.41, 5.74) is 3.15. The van der Waals surface area contributed by atoms with E-state index in [0.717, 1.165) is 43.1 Å². The fourth-order valence-electron chi connectivity index (χ4n) is 4.07. The molecule has 0 atom stereocenters. The number of carbonyl (C=O) groups excluding carboxylic acids is 1. The van der Waals surface area contributed by atoms with E-state index in [1.54, 1.807) is 6.33 Å². The second-order valence-electron chi connectivity index (χ2n) is 7.42. The zero-order valence-corrected chi connectivity index (χ0v) is 15.7. The molecule has 0 aliphatic carbocycles. The molecular weight excluding hydrogens is 330 g/mol. The van der Waals surface area contributed by atoms with Gasteiger partial charge in [0.05, 0.1) is 6.54 Å². The summed E-state index contributed by atoms with van der Waals surface area (Å²) in [5, 5.41) is 12.8. The fourth-order valence-corrected chi connectivity index (χ4v) is 4.07. The zero-order chi connectivity index (χ0) is 18.1. The van der Waals surface area contributed by atoms with Crippen LogP contribution in [0.5, 0.6) is 0 Å². The number of aryl methyl sites for hydroxylation is 2. The van der Waals surface area contributed by atoms with Crippen molar-refractivity contribution in [1.29, 1.82) is 0 Å². The van der Waals surface area contributed by atoms with Gasteiger partial charge in [0.25, 0.3) is 0 Å². The number of likely N-dealkylation sites (tertiary alicyclic amines) is 1. The molecule has 4 rings (SSSR count). The molecular formula is C18H27N7O. The molecule has 0 radical (unpaired) electrons. The van der Waals surface area contributed by atoms with Gasteiger partial charge in [-0.05, 0) is 25.9 Å². The van der Waals surface area contributed by atoms with Crippen molar-refractivity contribution in [2.45, 2.75) is 38.6 Å². The van der Waals surface area contributed by atoms with Crippen molar-refractivity contribution in [1.82, 2.24) is 34.3 Å². The zero-order valence-electron chi connectivity index (χ0n) is 15.7. The predicted octanol–water partition coefficient (Wildman–Crippen LogP) is 0.976. The van der Waals surface area contributed by atoms with Crippen molar-refractivity contribution in [2.24, 2.45) is 14.1 Å². The van der Waals surface area contributed by atoms with Gasteiger partial charge >= 0.3 is 0 Å². The molecule has 8 nitrogen and oxygen atoms in total. The lowest BCUT2D eigenvalue weighted by Gasteiger charge is -2.30. The Balaban J connectivity index is 1.52. The molecule has 8 heteroatoms. The molecule has 1 amide bonds. The molecule has 0 spiro atoms. The van der Waals surface area contributed by atoms with E-state index in [4.69, 9.17) is 0 Å². The standard InChI is InChI=1S/C18H27N7O/c1-22-13-19-20-18(22)17-14-11-25(10-7-15(14)23(2)21-17)16(26)12-24-8-5-3-4-6-9-24/h13H,3-12H2,1-2H3. The Morgan fingerprint density at radius 3 is 2.58 bits per heavy atom. The normalized spacial score (nSPS) is 18.6. The van der Waals surface area contributed by atoms with Crippen LogP contribution in [0.3, 0.4) is 0 Å². The first-order valence-corrected chi connectivity index (χ1v) is 9.52. The largest absolute Gasteiger partial charge is 0.337 e. The number of fused-ring (bicyclic) bond motifs is 1. The quantitative estimate of drug-likeness (QED) is 0.819. The number of hydrogen-bond donors (Lipinski definition) is 0. The maximum atomic E-state index is 12.9. The molecule has 1 fully saturated rings. The van der Waals surface area contributed by atoms with Crippen molar-refractivity contribution in [3.05, 3.63) is 17.6 Å². The van der Waals surface area contributed by atoms with Crippen LogP contribution in [-0.4, -0.2) is 66.4 Å². The Labute approximate surface area is 153 Å². The highest BCUT2D eigenvalue weighted by atomic mass is 16.2. The van der Waals surface area contributed by atoms with Crippen LogP contribution in [0.2, 0.25) is 0 Å². The maximum Gasteiger partial charge on any atom is 0.237 e. The van der Waals surface area contributed by atoms with Gasteiger partial charge in [0.2, 0.25) is 5.91 Å². The summed E-state index contributed by atoms with van der Waals surface area (Å²) in [6.45, 7) is 3.99. The van der Waals surface area contributed by atoms with E-state index in [1.165, 1.54) is 31.4 Å². The van der Waals surface area contributed by atoms with Crippen LogP contribution >= 0.6 is 0 Å². The second-order valence-corrected chi connectivity index (χ2v) is 7.42. The average Bonchev–Trinajstić information content (AvgIpc) is 3.08. The van der Waals surface area contributed by atoms with E-state index in [0.29, 0.717) is 13.1 Å². The van der Waals surface area contributed by atoms with Gasteiger partial charge in [-0.25, -0.2) is 0 Å². The van der Waals surface area contributed by atoms with Crippen molar-refractivity contribution < 1.29 is 4.79 Å². The van der Waals surface area contributed by atoms with Crippen LogP contribution < -0.4 is 0 Å². The number of nitrogens with zero attached hydrogens (tertiary/aromatic N) is 7. The summed E-state index contributed by atoms with van der Waals surface area (Å²) in [7, 11) is 3.88. The van der Waals surface area contributed by atoms with Crippen LogP contribution in [0.15, 0.2) is 6.33 Å². The number of aromatic nitrogens is 5. The highest BCUT2D eigenvalue weighted by Crippen LogP contribution is 2.28. The van der Waals surface area contributed by atoms with E-state index in [2.05, 4.69) is 20.2 Å². The Morgan fingerprint density at radius 1 is 1.12 bits per heavy atom. The minimum atomic E-state index is 0.227. The van der Waals surface area contributed by atoms with Gasteiger partial charge in [0.15, 0.2) is 5.82 Å². The predicted molar refractivity (Wildman–Crippen MR) is 97.2 cm³/mol. The third-order valence-electron chi connectivity index (χ3n) is 5.58. The van der Waals surface area contributed by atoms with Crippen LogP contribution in [0.1, 0.15) is 36.9 Å². The number of amides is 1. The van der Waals surface area contributed by atoms with Crippen LogP contribution in [0.25, 0.3) is 11.5 Å². The molecule has 140 valence electrons. The third-order valence-corrected chi connectivity index (χ3v) is 5.58. The number of rotatable bonds is 3. The summed E-state index contributed by atoms with van der Waals surface area (Å²) in [6.07, 6.45) is 7.50. The molecule has 2 aliphatic rings. The van der Waals surface area contributed by atoms with Gasteiger partial charge in [0.1, 0.15) is 12.0 Å². The maximum absolute atomic E-state index is 12.9. The molecule has 0 unspecified atom stereocenters. The molecule has 4 heterocycles. The van der Waals surface area contributed by atoms with Gasteiger partial charge < -0.3 is 9.47 Å². The molecule has 26 heavy (non-hydrogen) atoms. The molecule has 0 N–H and O–H groups in total. The van der Waals surface area contributed by atoms with Gasteiger partial charge in [0, 0.05) is 44.9 Å². The summed E-state index contributed by atoms with van der Waals surface area (Å²) >= 11 is 0. The first kappa shape index (κ1) is 17.2. The Hall–Kier alpha value is -2.22. The molecule has 0 aromatic carbocycles. The van der Waals surface area contributed by atoms with Gasteiger partial charge in [-0.1, -0.05) is 12.8 Å². The van der Waals surface area contributed by atoms with Gasteiger partial charge in [-0.2, -0.15) is 5.10 Å². The monoisotopic (exact) mass is 357 g/mol. The second kappa shape index (κ2) is 7.19. The molecule has 0 saturated carbocycles. The van der Waals surface area contributed by atoms with Crippen molar-refractivity contribution in [2.75, 3.05) is 26.2 Å². The first-order valence-electron chi connectivity index (χ1n) is 9.52. The molecule has 1 saturated heterocycles. The lowest BCUT2D eigenvalue weighted by atomic mass is 10.0. The van der Waals surface area contributed by atoms with Crippen molar-refractivity contribution in [3.8, 4) is 11.5 Å². The Bertz CT molecular complexity index is 786. The van der Waals surface area contributed by atoms with E-state index < -0.39 is 0 Å². The lowest BCUT2D eigenvalue weighted by molar-refractivity contribution is -0.133. The van der Waals surface area contributed by atoms with Crippen LogP contribution in [-0.2, 0) is 31.9 Å². The van der Waals surface area contributed by atoms with Crippen molar-refractivity contribution in [3.63, 3.8) is 0 Å². The molecule has 2 aromatic heterocycles. The van der Waals surface area contributed by atoms with Crippen molar-refractivity contribution >= 4 is 5.91 Å². The molecule has 2 aliphatic heterocycles. The Kier molecular flexibility index (Phi) is 4.76. The SMILES string of the molecule is Cn1cnnc1-c1nn(C)c2c1CN(C(=O)CN1CCCCCC1)CC2. The fraction of sp³-hybridized carbons (Fsp3) is 0.667. The topological polar surface area (TPSA) is 72.1 Å². The third kappa shape index (κ3) is 3.25. The highest BCUT2D eigenvalue weighted by molar-refractivity contribution is 5.79. The summed E-state index contributed by atoms with van der Waals surface area (Å²) < 4.78 is 3.80. The van der Waals surface area contributed by atoms with E-state index in [-0.39, 0.29) is 5.91 Å². The van der Waals surface area contributed by atoms with Gasteiger partial charge in [-0.3, -0.25) is 14.4 Å². The molecule has 0 bridgehead atoms. The molecule has 2 aromatic rings. The summed E-state index contributed by atoms with van der Waals surface area (Å²) in [4.78, 5) is 17.2. The van der Waals surface area contributed by atoms with E-state index in [1.807, 2.05) is 28.2 Å². The van der Waals surface area contributed by atoms with E-state index >= 15 is 0 Å². The van der Waals surface area contributed by atoms with Crippen LogP contribution in [0, 0.1) is 0 Å². The highest BCUT2D eigenvalue weighted by Gasteiger charge is 2.29. The minimum absolute atomic E-state index is 0.227. The number of carbonyl (C=O) groups is 1.